The summed E-state index contributed by atoms with van der Waals surface area (Å²) in [5, 5.41) is 7.98. The van der Waals surface area contributed by atoms with Crippen molar-refractivity contribution in [2.24, 2.45) is 4.99 Å². The lowest BCUT2D eigenvalue weighted by molar-refractivity contribution is 0.197. The van der Waals surface area contributed by atoms with Gasteiger partial charge in [0.05, 0.1) is 17.0 Å². The molecule has 2 rings (SSSR count). The molecule has 0 aliphatic heterocycles. The Morgan fingerprint density at radius 1 is 1.43 bits per heavy atom. The second-order valence-electron chi connectivity index (χ2n) is 4.53. The van der Waals surface area contributed by atoms with Crippen LogP contribution in [-0.2, 0) is 4.74 Å². The lowest BCUT2D eigenvalue weighted by Crippen LogP contribution is -2.03. The molecular weight excluding hydrogens is 288 g/mol. The number of halogens is 1. The number of nitrogens with one attached hydrogen (secondary N) is 1. The maximum absolute atomic E-state index is 7.55. The molecule has 2 heterocycles. The first-order valence-corrected chi connectivity index (χ1v) is 7.04. The number of aromatic nitrogens is 2. The second kappa shape index (κ2) is 7.81. The third-order valence-corrected chi connectivity index (χ3v) is 3.20. The number of nitrogens with zero attached hydrogens (tertiary/aromatic N) is 3. The Morgan fingerprint density at radius 3 is 3.05 bits per heavy atom. The third kappa shape index (κ3) is 4.31. The molecule has 0 saturated carbocycles. The third-order valence-electron chi connectivity index (χ3n) is 2.99. The number of fused-ring (bicyclic) bond motifs is 1. The van der Waals surface area contributed by atoms with E-state index in [0.717, 1.165) is 23.0 Å². The van der Waals surface area contributed by atoms with Gasteiger partial charge >= 0.3 is 0 Å². The standard InChI is InChI=1S/C15H17ClN4O/c1-21-6-2-5-18-9-12(8-17)11-7-14-13(19-10-11)3-4-15(16)20-14/h3-4,7-10,12,17H,2,5-6H2,1H3. The minimum Gasteiger partial charge on any atom is -0.385 e. The van der Waals surface area contributed by atoms with Crippen molar-refractivity contribution in [2.75, 3.05) is 20.3 Å². The van der Waals surface area contributed by atoms with Gasteiger partial charge in [0, 0.05) is 38.9 Å². The molecule has 1 atom stereocenters. The molecule has 2 aromatic heterocycles. The zero-order chi connectivity index (χ0) is 15.1. The summed E-state index contributed by atoms with van der Waals surface area (Å²) >= 11 is 5.89. The largest absolute Gasteiger partial charge is 0.385 e. The second-order valence-corrected chi connectivity index (χ2v) is 4.92. The van der Waals surface area contributed by atoms with E-state index in [1.807, 2.05) is 12.1 Å². The van der Waals surface area contributed by atoms with Gasteiger partial charge in [-0.05, 0) is 30.2 Å². The van der Waals surface area contributed by atoms with Crippen LogP contribution >= 0.6 is 11.6 Å². The Labute approximate surface area is 128 Å². The topological polar surface area (TPSA) is 71.2 Å². The highest BCUT2D eigenvalue weighted by atomic mass is 35.5. The van der Waals surface area contributed by atoms with Crippen LogP contribution in [0, 0.1) is 5.41 Å². The average Bonchev–Trinajstić information content (AvgIpc) is 2.50. The van der Waals surface area contributed by atoms with Gasteiger partial charge in [0.15, 0.2) is 0 Å². The van der Waals surface area contributed by atoms with E-state index in [1.54, 1.807) is 25.6 Å². The smallest absolute Gasteiger partial charge is 0.129 e. The molecule has 2 aromatic rings. The molecular formula is C15H17ClN4O. The number of aliphatic imine (C=N–C) groups is 1. The molecule has 1 unspecified atom stereocenters. The van der Waals surface area contributed by atoms with Crippen LogP contribution in [0.25, 0.3) is 11.0 Å². The van der Waals surface area contributed by atoms with Crippen LogP contribution in [-0.4, -0.2) is 42.7 Å². The van der Waals surface area contributed by atoms with Crippen LogP contribution in [0.1, 0.15) is 17.9 Å². The molecule has 0 aliphatic rings. The van der Waals surface area contributed by atoms with Gasteiger partial charge in [-0.1, -0.05) is 11.6 Å². The number of rotatable bonds is 7. The molecule has 0 amide bonds. The predicted molar refractivity (Wildman–Crippen MR) is 85.9 cm³/mol. The number of hydrogen-bond acceptors (Lipinski definition) is 5. The summed E-state index contributed by atoms with van der Waals surface area (Å²) in [6.07, 6.45) is 5.71. The highest BCUT2D eigenvalue weighted by Gasteiger charge is 2.08. The van der Waals surface area contributed by atoms with Gasteiger partial charge in [-0.15, -0.1) is 0 Å². The maximum atomic E-state index is 7.55. The summed E-state index contributed by atoms with van der Waals surface area (Å²) in [5.41, 5.74) is 2.38. The molecule has 0 aromatic carbocycles. The molecule has 5 nitrogen and oxygen atoms in total. The molecule has 0 saturated heterocycles. The molecule has 0 fully saturated rings. The Bertz CT molecular complexity index is 645. The number of ether oxygens (including phenoxy) is 1. The monoisotopic (exact) mass is 304 g/mol. The molecule has 1 N–H and O–H groups in total. The predicted octanol–water partition coefficient (Wildman–Crippen LogP) is 3.12. The summed E-state index contributed by atoms with van der Waals surface area (Å²) in [7, 11) is 1.67. The van der Waals surface area contributed by atoms with Gasteiger partial charge in [-0.3, -0.25) is 9.98 Å². The summed E-state index contributed by atoms with van der Waals surface area (Å²) < 4.78 is 4.97. The van der Waals surface area contributed by atoms with Crippen molar-refractivity contribution in [1.82, 2.24) is 9.97 Å². The van der Waals surface area contributed by atoms with Gasteiger partial charge in [0.2, 0.25) is 0 Å². The summed E-state index contributed by atoms with van der Waals surface area (Å²) in [6, 6.07) is 5.43. The minimum atomic E-state index is -0.203. The van der Waals surface area contributed by atoms with E-state index >= 15 is 0 Å². The van der Waals surface area contributed by atoms with Crippen LogP contribution in [0.2, 0.25) is 5.15 Å². The van der Waals surface area contributed by atoms with Crippen molar-refractivity contribution in [3.05, 3.63) is 35.1 Å². The van der Waals surface area contributed by atoms with E-state index in [0.29, 0.717) is 18.3 Å². The SMILES string of the molecule is COCCCN=CC(C=N)c1cnc2ccc(Cl)nc2c1. The fourth-order valence-electron chi connectivity index (χ4n) is 1.89. The van der Waals surface area contributed by atoms with Gasteiger partial charge in [-0.2, -0.15) is 0 Å². The molecule has 0 radical (unpaired) electrons. The first-order valence-electron chi connectivity index (χ1n) is 6.66. The van der Waals surface area contributed by atoms with E-state index in [2.05, 4.69) is 15.0 Å². The highest BCUT2D eigenvalue weighted by Crippen LogP contribution is 2.18. The van der Waals surface area contributed by atoms with Gasteiger partial charge in [0.1, 0.15) is 5.15 Å². The normalized spacial score (nSPS) is 12.9. The molecule has 6 heteroatoms. The number of hydrogen-bond donors (Lipinski definition) is 1. The van der Waals surface area contributed by atoms with Crippen LogP contribution in [0.15, 0.2) is 29.4 Å². The fraction of sp³-hybridized carbons (Fsp3) is 0.333. The lowest BCUT2D eigenvalue weighted by atomic mass is 10.0. The molecule has 21 heavy (non-hydrogen) atoms. The van der Waals surface area contributed by atoms with Crippen molar-refractivity contribution in [2.45, 2.75) is 12.3 Å². The van der Waals surface area contributed by atoms with Gasteiger partial charge < -0.3 is 10.1 Å². The van der Waals surface area contributed by atoms with E-state index in [4.69, 9.17) is 21.7 Å². The minimum absolute atomic E-state index is 0.203. The van der Waals surface area contributed by atoms with Crippen LogP contribution in [0.5, 0.6) is 0 Å². The summed E-state index contributed by atoms with van der Waals surface area (Å²) in [6.45, 7) is 1.37. The Morgan fingerprint density at radius 2 is 2.29 bits per heavy atom. The molecule has 0 spiro atoms. The van der Waals surface area contributed by atoms with Crippen LogP contribution in [0.4, 0.5) is 0 Å². The first-order chi connectivity index (χ1) is 10.2. The van der Waals surface area contributed by atoms with Crippen molar-refractivity contribution in [3.63, 3.8) is 0 Å². The Hall–Kier alpha value is -1.85. The van der Waals surface area contributed by atoms with Crippen molar-refractivity contribution < 1.29 is 4.74 Å². The Balaban J connectivity index is 2.15. The lowest BCUT2D eigenvalue weighted by Gasteiger charge is -2.07. The van der Waals surface area contributed by atoms with Gasteiger partial charge in [0.25, 0.3) is 0 Å². The molecule has 0 aliphatic carbocycles. The summed E-state index contributed by atoms with van der Waals surface area (Å²) in [4.78, 5) is 12.9. The molecule has 0 bridgehead atoms. The van der Waals surface area contributed by atoms with Crippen molar-refractivity contribution in [3.8, 4) is 0 Å². The first kappa shape index (κ1) is 15.5. The van der Waals surface area contributed by atoms with E-state index in [1.165, 1.54) is 6.21 Å². The number of pyridine rings is 2. The van der Waals surface area contributed by atoms with E-state index < -0.39 is 0 Å². The fourth-order valence-corrected chi connectivity index (χ4v) is 2.05. The van der Waals surface area contributed by atoms with Crippen LogP contribution < -0.4 is 0 Å². The zero-order valence-electron chi connectivity index (χ0n) is 11.8. The Kier molecular flexibility index (Phi) is 5.78. The van der Waals surface area contributed by atoms with E-state index in [-0.39, 0.29) is 5.92 Å². The average molecular weight is 305 g/mol. The quantitative estimate of drug-likeness (QED) is 0.485. The van der Waals surface area contributed by atoms with Gasteiger partial charge in [-0.25, -0.2) is 4.98 Å². The van der Waals surface area contributed by atoms with Crippen molar-refractivity contribution in [1.29, 1.82) is 5.41 Å². The highest BCUT2D eigenvalue weighted by molar-refractivity contribution is 6.29. The van der Waals surface area contributed by atoms with Crippen LogP contribution in [0.3, 0.4) is 0 Å². The molecule has 110 valence electrons. The van der Waals surface area contributed by atoms with Crippen molar-refractivity contribution >= 4 is 35.1 Å². The zero-order valence-corrected chi connectivity index (χ0v) is 12.5. The maximum Gasteiger partial charge on any atom is 0.129 e. The summed E-state index contributed by atoms with van der Waals surface area (Å²) in [5.74, 6) is -0.203. The van der Waals surface area contributed by atoms with E-state index in [9.17, 15) is 0 Å². The number of methoxy groups -OCH3 is 1.